The Balaban J connectivity index is -0.0000000645. The van der Waals surface area contributed by atoms with Crippen LogP contribution in [0.3, 0.4) is 0 Å². The van der Waals surface area contributed by atoms with E-state index in [1.165, 1.54) is 12.8 Å². The molecule has 0 aliphatic heterocycles. The van der Waals surface area contributed by atoms with E-state index in [9.17, 15) is 0 Å². The van der Waals surface area contributed by atoms with Gasteiger partial charge in [-0.3, -0.25) is 0 Å². The second-order valence-corrected chi connectivity index (χ2v) is 18.1. The summed E-state index contributed by atoms with van der Waals surface area (Å²) in [4.78, 5) is 0. The maximum absolute atomic E-state index is 6.94. The van der Waals surface area contributed by atoms with Crippen molar-refractivity contribution in [1.29, 1.82) is 0 Å². The summed E-state index contributed by atoms with van der Waals surface area (Å²) in [6, 6.07) is 0. The smallest absolute Gasteiger partial charge is 0.0603 e. The number of rotatable bonds is 1. The fourth-order valence-electron chi connectivity index (χ4n) is 1.75. The van der Waals surface area contributed by atoms with Crippen molar-refractivity contribution in [2.24, 2.45) is 0 Å². The molecule has 0 saturated heterocycles. The van der Waals surface area contributed by atoms with Crippen LogP contribution in [0.4, 0.5) is 0 Å². The molecule has 39 heavy (non-hydrogen) atoms. The van der Waals surface area contributed by atoms with Crippen molar-refractivity contribution in [3.05, 3.63) is 50.6 Å². The second-order valence-electron chi connectivity index (χ2n) is 15.1. The molecule has 0 amide bonds. The molecule has 241 valence electrons. The van der Waals surface area contributed by atoms with Gasteiger partial charge in [-0.1, -0.05) is 133 Å². The standard InChI is InChI=1S/C10H18Si.5C4H10N.CH3Cl.V/c1-7-6-10(11(4)5)9(3)8(7)2;5*1-4(2,3)5;1-2;/h11H,6H2,1-5H3;5*5H,1-3H3;1H3;/q;5*-1;;. The first-order valence-electron chi connectivity index (χ1n) is 13.5. The Kier molecular flexibility index (Phi) is 35.4. The molecule has 0 fully saturated rings. The van der Waals surface area contributed by atoms with E-state index in [1.54, 1.807) is 21.9 Å². The summed E-state index contributed by atoms with van der Waals surface area (Å²) in [5.41, 5.74) is 38.2. The predicted molar refractivity (Wildman–Crippen MR) is 187 cm³/mol. The van der Waals surface area contributed by atoms with Gasteiger partial charge in [-0.2, -0.15) is 0 Å². The Hall–Kier alpha value is 0.371. The van der Waals surface area contributed by atoms with Crippen molar-refractivity contribution in [2.75, 3.05) is 6.38 Å². The molecule has 0 aromatic carbocycles. The molecule has 0 saturated carbocycles. The zero-order valence-corrected chi connectivity index (χ0v) is 33.4. The van der Waals surface area contributed by atoms with Gasteiger partial charge < -0.3 is 28.7 Å². The molecule has 0 aromatic heterocycles. The first kappa shape index (κ1) is 55.3. The van der Waals surface area contributed by atoms with Gasteiger partial charge in [0.05, 0.1) is 8.80 Å². The van der Waals surface area contributed by atoms with Crippen molar-refractivity contribution >= 4 is 20.4 Å². The van der Waals surface area contributed by atoms with Gasteiger partial charge in [0, 0.05) is 24.9 Å². The Labute approximate surface area is 266 Å². The van der Waals surface area contributed by atoms with E-state index in [4.69, 9.17) is 28.7 Å². The topological polar surface area (TPSA) is 119 Å². The van der Waals surface area contributed by atoms with E-state index in [1.807, 2.05) is 104 Å². The number of hydrogen-bond donors (Lipinski definition) is 0. The molecule has 0 atom stereocenters. The minimum atomic E-state index is -0.520. The third-order valence-corrected chi connectivity index (χ3v) is 4.87. The van der Waals surface area contributed by atoms with Crippen molar-refractivity contribution < 1.29 is 18.6 Å². The van der Waals surface area contributed by atoms with Gasteiger partial charge in [0.25, 0.3) is 0 Å². The fraction of sp³-hybridized carbons (Fsp3) is 0.871. The molecular weight excluding hydrogens is 557 g/mol. The number of allylic oxidation sites excluding steroid dienone is 4. The van der Waals surface area contributed by atoms with Gasteiger partial charge in [0.1, 0.15) is 0 Å². The van der Waals surface area contributed by atoms with Gasteiger partial charge in [0.2, 0.25) is 0 Å². The molecule has 5 nitrogen and oxygen atoms in total. The van der Waals surface area contributed by atoms with Gasteiger partial charge in [0.15, 0.2) is 0 Å². The number of nitrogens with one attached hydrogen (secondary N) is 5. The van der Waals surface area contributed by atoms with Crippen molar-refractivity contribution in [1.82, 2.24) is 0 Å². The molecule has 0 heterocycles. The van der Waals surface area contributed by atoms with Crippen LogP contribution in [0, 0.1) is 0 Å². The van der Waals surface area contributed by atoms with E-state index >= 15 is 0 Å². The molecule has 0 bridgehead atoms. The van der Waals surface area contributed by atoms with Crippen molar-refractivity contribution in [3.63, 3.8) is 0 Å². The third kappa shape index (κ3) is 122. The zero-order chi connectivity index (χ0) is 33.1. The fourth-order valence-corrected chi connectivity index (χ4v) is 3.55. The first-order chi connectivity index (χ1) is 16.0. The van der Waals surface area contributed by atoms with E-state index in [-0.39, 0.29) is 46.3 Å². The minimum absolute atomic E-state index is 0. The van der Waals surface area contributed by atoms with Crippen LogP contribution in [0.25, 0.3) is 28.7 Å². The molecule has 1 aliphatic rings. The first-order valence-corrected chi connectivity index (χ1v) is 17.2. The average molecular weight is 628 g/mol. The van der Waals surface area contributed by atoms with Crippen LogP contribution in [-0.2, 0) is 18.6 Å². The van der Waals surface area contributed by atoms with Crippen LogP contribution < -0.4 is 0 Å². The Morgan fingerprint density at radius 2 is 0.641 bits per heavy atom. The molecule has 0 spiro atoms. The molecule has 8 heteroatoms. The minimum Gasteiger partial charge on any atom is -0.673 e. The monoisotopic (exact) mass is 627 g/mol. The predicted octanol–water partition coefficient (Wildman–Crippen LogP) is 13.1. The Morgan fingerprint density at radius 3 is 0.692 bits per heavy atom. The SMILES string of the molecule is CC(C)(C)[NH-].CC(C)(C)[NH-].CC(C)(C)[NH-].CC(C)(C)[NH-].CC(C)(C)[NH-].CC1=C(C)C(C)=C([SiH](C)C)C1.CCl.[V]. The van der Waals surface area contributed by atoms with E-state index in [0.29, 0.717) is 0 Å². The summed E-state index contributed by atoms with van der Waals surface area (Å²) in [5, 5.41) is 1.78. The van der Waals surface area contributed by atoms with E-state index in [2.05, 4.69) is 45.5 Å². The summed E-state index contributed by atoms with van der Waals surface area (Å²) in [6.45, 7) is 39.5. The number of hydrogen-bond acceptors (Lipinski definition) is 0. The summed E-state index contributed by atoms with van der Waals surface area (Å²) >= 11 is 4.64. The van der Waals surface area contributed by atoms with Crippen LogP contribution >= 0.6 is 11.6 Å². The maximum Gasteiger partial charge on any atom is 0.0603 e. The van der Waals surface area contributed by atoms with Crippen LogP contribution in [-0.4, -0.2) is 42.9 Å². The normalized spacial score (nSPS) is 13.2. The maximum atomic E-state index is 6.94. The molecule has 1 aliphatic carbocycles. The van der Waals surface area contributed by atoms with Gasteiger partial charge in [-0.25, -0.2) is 0 Å². The van der Waals surface area contributed by atoms with Gasteiger partial charge in [-0.05, 0) is 32.8 Å². The molecule has 5 N–H and O–H groups in total. The summed E-state index contributed by atoms with van der Waals surface area (Å²) in [6.07, 6.45) is 2.75. The molecule has 1 radical (unpaired) electrons. The van der Waals surface area contributed by atoms with Gasteiger partial charge in [-0.15, -0.1) is 39.3 Å². The summed E-state index contributed by atoms with van der Waals surface area (Å²) < 4.78 is 0. The number of alkyl halides is 1. The molecular formula is C31H71ClN5SiV-5. The molecule has 0 unspecified atom stereocenters. The molecule has 1 rings (SSSR count). The quantitative estimate of drug-likeness (QED) is 0.203. The average Bonchev–Trinajstić information content (AvgIpc) is 2.76. The second kappa shape index (κ2) is 24.9. The zero-order valence-electron chi connectivity index (χ0n) is 30.1. The third-order valence-electron chi connectivity index (χ3n) is 2.84. The Morgan fingerprint density at radius 1 is 0.487 bits per heavy atom. The van der Waals surface area contributed by atoms with Gasteiger partial charge >= 0.3 is 0 Å². The summed E-state index contributed by atoms with van der Waals surface area (Å²) in [5.74, 6) is 0. The molecule has 0 aromatic rings. The van der Waals surface area contributed by atoms with Crippen LogP contribution in [0.15, 0.2) is 21.9 Å². The van der Waals surface area contributed by atoms with Crippen molar-refractivity contribution in [3.8, 4) is 0 Å². The van der Waals surface area contributed by atoms with Crippen LogP contribution in [0.1, 0.15) is 131 Å². The van der Waals surface area contributed by atoms with E-state index in [0.717, 1.165) is 0 Å². The Bertz CT molecular complexity index is 526. The number of halogens is 1. The van der Waals surface area contributed by atoms with Crippen LogP contribution in [0.5, 0.6) is 0 Å². The summed E-state index contributed by atoms with van der Waals surface area (Å²) in [7, 11) is -0.520. The van der Waals surface area contributed by atoms with E-state index < -0.39 is 8.80 Å². The largest absolute Gasteiger partial charge is 0.673 e. The van der Waals surface area contributed by atoms with Crippen LogP contribution in [0.2, 0.25) is 13.1 Å². The van der Waals surface area contributed by atoms with Crippen molar-refractivity contribution in [2.45, 2.75) is 172 Å².